The number of aromatic nitrogens is 1. The number of aliphatic carboxylic acids is 1. The van der Waals surface area contributed by atoms with Gasteiger partial charge < -0.3 is 10.0 Å². The van der Waals surface area contributed by atoms with Gasteiger partial charge in [0, 0.05) is 57.3 Å². The number of anilines is 1. The predicted molar refractivity (Wildman–Crippen MR) is 98.2 cm³/mol. The molecule has 0 aromatic carbocycles. The van der Waals surface area contributed by atoms with Crippen molar-refractivity contribution >= 4 is 21.9 Å². The van der Waals surface area contributed by atoms with Gasteiger partial charge in [0.15, 0.2) is 0 Å². The van der Waals surface area contributed by atoms with Gasteiger partial charge in [0.25, 0.3) is 10.2 Å². The molecule has 144 valence electrons. The quantitative estimate of drug-likeness (QED) is 0.833. The lowest BCUT2D eigenvalue weighted by atomic mass is 10.0. The maximum absolute atomic E-state index is 13.0. The summed E-state index contributed by atoms with van der Waals surface area (Å²) >= 11 is 0. The van der Waals surface area contributed by atoms with E-state index in [0.717, 1.165) is 24.2 Å². The van der Waals surface area contributed by atoms with Crippen LogP contribution in [0.4, 0.5) is 5.69 Å². The molecule has 1 aromatic heterocycles. The Kier molecular flexibility index (Phi) is 5.79. The first-order valence-electron chi connectivity index (χ1n) is 9.03. The molecule has 1 aromatic rings. The number of carboxylic acid groups (broad SMARTS) is 1. The number of carbonyl (C=O) groups is 1. The summed E-state index contributed by atoms with van der Waals surface area (Å²) in [6.45, 7) is 4.73. The highest BCUT2D eigenvalue weighted by Crippen LogP contribution is 2.24. The summed E-state index contributed by atoms with van der Waals surface area (Å²) in [7, 11) is -3.63. The highest BCUT2D eigenvalue weighted by molar-refractivity contribution is 7.86. The minimum Gasteiger partial charge on any atom is -0.481 e. The van der Waals surface area contributed by atoms with Crippen LogP contribution in [-0.2, 0) is 15.0 Å². The molecule has 9 heteroatoms. The number of nitrogens with zero attached hydrogens (tertiary/aromatic N) is 4. The fraction of sp³-hybridized carbons (Fsp3) is 0.647. The fourth-order valence-corrected chi connectivity index (χ4v) is 5.43. The molecule has 0 saturated carbocycles. The van der Waals surface area contributed by atoms with Gasteiger partial charge >= 0.3 is 5.97 Å². The first kappa shape index (κ1) is 19.1. The van der Waals surface area contributed by atoms with Crippen LogP contribution >= 0.6 is 0 Å². The fourth-order valence-electron chi connectivity index (χ4n) is 3.70. The lowest BCUT2D eigenvalue weighted by Gasteiger charge is -2.34. The van der Waals surface area contributed by atoms with Crippen molar-refractivity contribution in [3.8, 4) is 0 Å². The van der Waals surface area contributed by atoms with E-state index < -0.39 is 22.1 Å². The summed E-state index contributed by atoms with van der Waals surface area (Å²) in [5.41, 5.74) is 2.16. The van der Waals surface area contributed by atoms with E-state index in [-0.39, 0.29) is 6.54 Å². The standard InChI is InChI=1S/C17H26N4O4S/c1-14-12-18-6-5-16(14)19-7-3-9-20(11-10-19)26(24,25)21-8-2-4-15(13-21)17(22)23/h5-6,12,15H,2-4,7-11,13H2,1H3,(H,22,23). The summed E-state index contributed by atoms with van der Waals surface area (Å²) in [5.74, 6) is -1.53. The highest BCUT2D eigenvalue weighted by atomic mass is 32.2. The van der Waals surface area contributed by atoms with Gasteiger partial charge in [-0.3, -0.25) is 9.78 Å². The first-order valence-corrected chi connectivity index (χ1v) is 10.4. The molecule has 8 nitrogen and oxygen atoms in total. The zero-order valence-corrected chi connectivity index (χ0v) is 15.9. The lowest BCUT2D eigenvalue weighted by Crippen LogP contribution is -2.50. The normalized spacial score (nSPS) is 23.6. The summed E-state index contributed by atoms with van der Waals surface area (Å²) in [4.78, 5) is 17.6. The molecule has 1 unspecified atom stereocenters. The molecule has 2 fully saturated rings. The van der Waals surface area contributed by atoms with Gasteiger partial charge in [-0.15, -0.1) is 0 Å². The third-order valence-corrected chi connectivity index (χ3v) is 7.17. The van der Waals surface area contributed by atoms with Crippen LogP contribution in [0.2, 0.25) is 0 Å². The largest absolute Gasteiger partial charge is 0.481 e. The Balaban J connectivity index is 1.70. The SMILES string of the molecule is Cc1cnccc1N1CCCN(S(=O)(=O)N2CCCC(C(=O)O)C2)CC1. The van der Waals surface area contributed by atoms with Crippen molar-refractivity contribution in [2.24, 2.45) is 5.92 Å². The van der Waals surface area contributed by atoms with Crippen molar-refractivity contribution in [3.63, 3.8) is 0 Å². The third-order valence-electron chi connectivity index (χ3n) is 5.17. The predicted octanol–water partition coefficient (Wildman–Crippen LogP) is 0.944. The molecule has 3 heterocycles. The average Bonchev–Trinajstić information content (AvgIpc) is 2.89. The Hall–Kier alpha value is -1.71. The second-order valence-electron chi connectivity index (χ2n) is 6.94. The number of aryl methyl sites for hydroxylation is 1. The molecule has 26 heavy (non-hydrogen) atoms. The van der Waals surface area contributed by atoms with Crippen LogP contribution in [0.1, 0.15) is 24.8 Å². The van der Waals surface area contributed by atoms with E-state index in [2.05, 4.69) is 9.88 Å². The molecule has 0 bridgehead atoms. The second-order valence-corrected chi connectivity index (χ2v) is 8.87. The number of hydrogen-bond donors (Lipinski definition) is 1. The Labute approximate surface area is 154 Å². The zero-order valence-electron chi connectivity index (χ0n) is 15.0. The van der Waals surface area contributed by atoms with Gasteiger partial charge in [-0.25, -0.2) is 0 Å². The lowest BCUT2D eigenvalue weighted by molar-refractivity contribution is -0.142. The Morgan fingerprint density at radius 1 is 1.15 bits per heavy atom. The maximum atomic E-state index is 13.0. The van der Waals surface area contributed by atoms with Crippen molar-refractivity contribution < 1.29 is 18.3 Å². The van der Waals surface area contributed by atoms with Gasteiger partial charge in [-0.05, 0) is 37.8 Å². The molecule has 3 rings (SSSR count). The smallest absolute Gasteiger partial charge is 0.307 e. The van der Waals surface area contributed by atoms with Crippen molar-refractivity contribution in [2.75, 3.05) is 44.2 Å². The molecule has 0 aliphatic carbocycles. The van der Waals surface area contributed by atoms with Gasteiger partial charge in [0.2, 0.25) is 0 Å². The van der Waals surface area contributed by atoms with Crippen molar-refractivity contribution in [1.82, 2.24) is 13.6 Å². The Morgan fingerprint density at radius 3 is 2.65 bits per heavy atom. The molecule has 0 amide bonds. The number of pyridine rings is 1. The maximum Gasteiger partial charge on any atom is 0.307 e. The minimum atomic E-state index is -3.63. The van der Waals surface area contributed by atoms with Gasteiger partial charge in [-0.2, -0.15) is 17.0 Å². The van der Waals surface area contributed by atoms with Gasteiger partial charge in [0.1, 0.15) is 0 Å². The van der Waals surface area contributed by atoms with Crippen LogP contribution in [0.25, 0.3) is 0 Å². The van der Waals surface area contributed by atoms with Crippen LogP contribution in [0.3, 0.4) is 0 Å². The monoisotopic (exact) mass is 382 g/mol. The van der Waals surface area contributed by atoms with E-state index in [9.17, 15) is 18.3 Å². The summed E-state index contributed by atoms with van der Waals surface area (Å²) in [6.07, 6.45) is 5.43. The highest BCUT2D eigenvalue weighted by Gasteiger charge is 2.36. The first-order chi connectivity index (χ1) is 12.4. The van der Waals surface area contributed by atoms with E-state index in [1.165, 1.54) is 8.61 Å². The van der Waals surface area contributed by atoms with Crippen molar-refractivity contribution in [2.45, 2.75) is 26.2 Å². The summed E-state index contributed by atoms with van der Waals surface area (Å²) in [5, 5.41) is 9.22. The zero-order chi connectivity index (χ0) is 18.7. The number of piperidine rings is 1. The van der Waals surface area contributed by atoms with E-state index >= 15 is 0 Å². The Morgan fingerprint density at radius 2 is 1.92 bits per heavy atom. The van der Waals surface area contributed by atoms with Crippen LogP contribution in [0.5, 0.6) is 0 Å². The molecule has 1 N–H and O–H groups in total. The van der Waals surface area contributed by atoms with Crippen molar-refractivity contribution in [3.05, 3.63) is 24.0 Å². The molecule has 2 aliphatic rings. The molecular weight excluding hydrogens is 356 g/mol. The summed E-state index contributed by atoms with van der Waals surface area (Å²) in [6, 6.07) is 1.96. The molecule has 0 radical (unpaired) electrons. The summed E-state index contributed by atoms with van der Waals surface area (Å²) < 4.78 is 28.9. The van der Waals surface area contributed by atoms with Crippen molar-refractivity contribution in [1.29, 1.82) is 0 Å². The number of rotatable bonds is 4. The van der Waals surface area contributed by atoms with Crippen LogP contribution in [0, 0.1) is 12.8 Å². The van der Waals surface area contributed by atoms with E-state index in [0.29, 0.717) is 39.0 Å². The second kappa shape index (κ2) is 7.89. The molecule has 2 aliphatic heterocycles. The molecular formula is C17H26N4O4S. The van der Waals surface area contributed by atoms with Crippen LogP contribution in [-0.4, -0.2) is 72.4 Å². The molecule has 1 atom stereocenters. The van der Waals surface area contributed by atoms with E-state index in [1.807, 2.05) is 19.2 Å². The van der Waals surface area contributed by atoms with E-state index in [4.69, 9.17) is 0 Å². The van der Waals surface area contributed by atoms with Gasteiger partial charge in [0.05, 0.1) is 5.92 Å². The van der Waals surface area contributed by atoms with E-state index in [1.54, 1.807) is 6.20 Å². The molecule has 2 saturated heterocycles. The topological polar surface area (TPSA) is 94.1 Å². The third kappa shape index (κ3) is 3.99. The van der Waals surface area contributed by atoms with Crippen LogP contribution < -0.4 is 4.90 Å². The molecule has 0 spiro atoms. The Bertz CT molecular complexity index is 755. The van der Waals surface area contributed by atoms with Crippen LogP contribution in [0.15, 0.2) is 18.5 Å². The van der Waals surface area contributed by atoms with Gasteiger partial charge in [-0.1, -0.05) is 0 Å². The number of hydrogen-bond acceptors (Lipinski definition) is 5. The minimum absolute atomic E-state index is 0.0708. The average molecular weight is 382 g/mol. The number of carboxylic acids is 1.